The number of nitrogens with one attached hydrogen (secondary N) is 1. The van der Waals surface area contributed by atoms with Crippen molar-refractivity contribution in [2.75, 3.05) is 13.1 Å². The van der Waals surface area contributed by atoms with E-state index in [-0.39, 0.29) is 10.8 Å². The van der Waals surface area contributed by atoms with Gasteiger partial charge >= 0.3 is 0 Å². The maximum Gasteiger partial charge on any atom is 0.0169 e. The Hall–Kier alpha value is -1.48. The zero-order chi connectivity index (χ0) is 16.9. The monoisotopic (exact) mass is 324 g/mol. The average Bonchev–Trinajstić information content (AvgIpc) is 2.52. The molecular formula is C21H30N3-. The molecule has 1 fully saturated rings. The maximum absolute atomic E-state index is 4.81. The lowest BCUT2D eigenvalue weighted by molar-refractivity contribution is 0.326. The summed E-state index contributed by atoms with van der Waals surface area (Å²) in [5, 5.41) is 8.24. The molecule has 130 valence electrons. The van der Waals surface area contributed by atoms with E-state index >= 15 is 0 Å². The number of hydrogen-bond acceptors (Lipinski definition) is 1. The van der Waals surface area contributed by atoms with Crippen molar-refractivity contribution in [2.45, 2.75) is 70.3 Å². The topological polar surface area (TPSA) is 31.1 Å². The van der Waals surface area contributed by atoms with Gasteiger partial charge in [0.1, 0.15) is 0 Å². The largest absolute Gasteiger partial charge is 0.593 e. The van der Waals surface area contributed by atoms with Crippen LogP contribution >= 0.6 is 0 Å². The molecule has 0 spiro atoms. The lowest BCUT2D eigenvalue weighted by atomic mass is 9.63. The van der Waals surface area contributed by atoms with Gasteiger partial charge in [-0.1, -0.05) is 45.9 Å². The van der Waals surface area contributed by atoms with Crippen molar-refractivity contribution in [3.63, 3.8) is 0 Å². The first-order chi connectivity index (χ1) is 11.4. The van der Waals surface area contributed by atoms with Crippen LogP contribution in [0.15, 0.2) is 24.4 Å². The smallest absolute Gasteiger partial charge is 0.0169 e. The van der Waals surface area contributed by atoms with Gasteiger partial charge in [-0.25, -0.2) is 0 Å². The highest BCUT2D eigenvalue weighted by molar-refractivity contribution is 5.62. The molecule has 2 heterocycles. The Morgan fingerprint density at radius 1 is 1.00 bits per heavy atom. The Kier molecular flexibility index (Phi) is 3.68. The first-order valence-electron chi connectivity index (χ1n) is 9.45. The fraction of sp³-hybridized carbons (Fsp3) is 0.619. The molecule has 1 aromatic carbocycles. The molecule has 1 saturated heterocycles. The molecule has 1 aromatic heterocycles. The summed E-state index contributed by atoms with van der Waals surface area (Å²) in [6.07, 6.45) is 7.16. The van der Waals surface area contributed by atoms with Crippen LogP contribution in [0.1, 0.15) is 70.5 Å². The summed E-state index contributed by atoms with van der Waals surface area (Å²) >= 11 is 0. The highest BCUT2D eigenvalue weighted by Gasteiger charge is 2.36. The van der Waals surface area contributed by atoms with Crippen LogP contribution in [0, 0.1) is 0 Å². The van der Waals surface area contributed by atoms with E-state index in [2.05, 4.69) is 62.1 Å². The minimum absolute atomic E-state index is 0.264. The second-order valence-electron chi connectivity index (χ2n) is 9.00. The van der Waals surface area contributed by atoms with E-state index < -0.39 is 0 Å². The van der Waals surface area contributed by atoms with Crippen molar-refractivity contribution in [3.8, 4) is 11.3 Å². The van der Waals surface area contributed by atoms with Gasteiger partial charge in [0.05, 0.1) is 0 Å². The quantitative estimate of drug-likeness (QED) is 0.888. The second kappa shape index (κ2) is 5.52. The van der Waals surface area contributed by atoms with Crippen molar-refractivity contribution >= 4 is 0 Å². The molecule has 3 heteroatoms. The van der Waals surface area contributed by atoms with E-state index in [0.717, 1.165) is 18.8 Å². The molecule has 0 saturated carbocycles. The van der Waals surface area contributed by atoms with Gasteiger partial charge < -0.3 is 15.1 Å². The lowest BCUT2D eigenvalue weighted by Gasteiger charge is -2.43. The number of piperidine rings is 1. The number of rotatable bonds is 2. The molecule has 0 bridgehead atoms. The zero-order valence-electron chi connectivity index (χ0n) is 15.5. The molecule has 0 atom stereocenters. The van der Waals surface area contributed by atoms with Crippen LogP contribution in [0.3, 0.4) is 0 Å². The van der Waals surface area contributed by atoms with E-state index in [1.165, 1.54) is 42.4 Å². The summed E-state index contributed by atoms with van der Waals surface area (Å²) < 4.78 is 2.19. The van der Waals surface area contributed by atoms with Crippen molar-refractivity contribution in [1.29, 1.82) is 0 Å². The van der Waals surface area contributed by atoms with Crippen molar-refractivity contribution in [3.05, 3.63) is 35.5 Å². The van der Waals surface area contributed by atoms with Crippen LogP contribution in [0.25, 0.3) is 11.3 Å². The zero-order valence-corrected chi connectivity index (χ0v) is 15.5. The van der Waals surface area contributed by atoms with E-state index in [0.29, 0.717) is 6.04 Å². The predicted molar refractivity (Wildman–Crippen MR) is 99.6 cm³/mol. The van der Waals surface area contributed by atoms with Crippen LogP contribution in [-0.2, 0) is 10.8 Å². The summed E-state index contributed by atoms with van der Waals surface area (Å²) in [6, 6.07) is 7.63. The highest BCUT2D eigenvalue weighted by atomic mass is 15.3. The SMILES string of the molecule is CC1(C)CCC(C)(C)c2cc(-c3cn(C4CCNCC4)[n-]3)ccc21. The third-order valence-corrected chi connectivity index (χ3v) is 6.31. The van der Waals surface area contributed by atoms with Crippen LogP contribution in [0.5, 0.6) is 0 Å². The van der Waals surface area contributed by atoms with Crippen LogP contribution in [0.2, 0.25) is 0 Å². The molecule has 3 nitrogen and oxygen atoms in total. The molecule has 24 heavy (non-hydrogen) atoms. The number of nitrogens with zero attached hydrogens (tertiary/aromatic N) is 2. The summed E-state index contributed by atoms with van der Waals surface area (Å²) in [4.78, 5) is 0. The molecule has 1 aliphatic heterocycles. The van der Waals surface area contributed by atoms with Crippen molar-refractivity contribution < 1.29 is 0 Å². The number of aromatic nitrogens is 2. The van der Waals surface area contributed by atoms with Crippen LogP contribution in [-0.4, -0.2) is 17.8 Å². The third-order valence-electron chi connectivity index (χ3n) is 6.31. The molecule has 4 rings (SSSR count). The van der Waals surface area contributed by atoms with Gasteiger partial charge in [0, 0.05) is 6.04 Å². The predicted octanol–water partition coefficient (Wildman–Crippen LogP) is 4.39. The van der Waals surface area contributed by atoms with Gasteiger partial charge in [0.2, 0.25) is 0 Å². The lowest BCUT2D eigenvalue weighted by Crippen LogP contribution is -2.34. The number of fused-ring (bicyclic) bond motifs is 1. The highest BCUT2D eigenvalue weighted by Crippen LogP contribution is 2.46. The first kappa shape index (κ1) is 16.0. The Balaban J connectivity index is 1.63. The Bertz CT molecular complexity index is 714. The average molecular weight is 324 g/mol. The molecule has 1 aliphatic carbocycles. The molecular weight excluding hydrogens is 294 g/mol. The molecule has 1 N–H and O–H groups in total. The summed E-state index contributed by atoms with van der Waals surface area (Å²) in [6.45, 7) is 11.8. The van der Waals surface area contributed by atoms with Crippen LogP contribution in [0.4, 0.5) is 0 Å². The van der Waals surface area contributed by atoms with Gasteiger partial charge in [-0.15, -0.1) is 5.69 Å². The Labute approximate surface area is 145 Å². The standard InChI is InChI=1S/C21H30N3/c1-20(2)9-10-21(3,4)18-13-15(5-6-17(18)20)19-14-24(23-19)16-7-11-22-12-8-16/h5-6,13-14,16,22H,7-12H2,1-4H3/q-1. The molecule has 0 amide bonds. The Morgan fingerprint density at radius 2 is 1.62 bits per heavy atom. The third kappa shape index (κ3) is 2.63. The van der Waals surface area contributed by atoms with E-state index in [1.54, 1.807) is 0 Å². The van der Waals surface area contributed by atoms with Gasteiger partial charge in [-0.05, 0) is 72.5 Å². The fourth-order valence-corrected chi connectivity index (χ4v) is 4.39. The minimum atomic E-state index is 0.264. The van der Waals surface area contributed by atoms with Crippen molar-refractivity contribution in [1.82, 2.24) is 15.1 Å². The minimum Gasteiger partial charge on any atom is -0.593 e. The van der Waals surface area contributed by atoms with Gasteiger partial charge in [0.15, 0.2) is 0 Å². The molecule has 0 radical (unpaired) electrons. The van der Waals surface area contributed by atoms with Gasteiger partial charge in [-0.3, -0.25) is 0 Å². The molecule has 2 aromatic rings. The fourth-order valence-electron chi connectivity index (χ4n) is 4.39. The van der Waals surface area contributed by atoms with Gasteiger partial charge in [-0.2, -0.15) is 0 Å². The normalized spacial score (nSPS) is 23.2. The molecule has 0 unspecified atom stereocenters. The maximum atomic E-state index is 4.81. The molecule has 2 aliphatic rings. The Morgan fingerprint density at radius 3 is 2.29 bits per heavy atom. The van der Waals surface area contributed by atoms with E-state index in [1.807, 2.05) is 0 Å². The summed E-state index contributed by atoms with van der Waals surface area (Å²) in [7, 11) is 0. The number of hydrogen-bond donors (Lipinski definition) is 1. The van der Waals surface area contributed by atoms with E-state index in [9.17, 15) is 0 Å². The second-order valence-corrected chi connectivity index (χ2v) is 9.00. The first-order valence-corrected chi connectivity index (χ1v) is 9.45. The van der Waals surface area contributed by atoms with Crippen molar-refractivity contribution in [2.24, 2.45) is 0 Å². The van der Waals surface area contributed by atoms with Gasteiger partial charge in [0.25, 0.3) is 0 Å². The summed E-state index contributed by atoms with van der Waals surface area (Å²) in [5.41, 5.74) is 6.03. The number of benzene rings is 1. The van der Waals surface area contributed by atoms with E-state index in [4.69, 9.17) is 5.10 Å². The van der Waals surface area contributed by atoms with Crippen LogP contribution < -0.4 is 10.4 Å². The summed E-state index contributed by atoms with van der Waals surface area (Å²) in [5.74, 6) is 0.